The molecule has 6 nitrogen and oxygen atoms in total. The van der Waals surface area contributed by atoms with E-state index in [1.165, 1.54) is 11.3 Å². The summed E-state index contributed by atoms with van der Waals surface area (Å²) in [5.74, 6) is 0.0603. The molecular weight excluding hydrogens is 376 g/mol. The first-order valence-electron chi connectivity index (χ1n) is 9.01. The van der Waals surface area contributed by atoms with Gasteiger partial charge in [-0.2, -0.15) is 0 Å². The van der Waals surface area contributed by atoms with E-state index in [4.69, 9.17) is 9.15 Å². The summed E-state index contributed by atoms with van der Waals surface area (Å²) in [6.07, 6.45) is 1.59. The van der Waals surface area contributed by atoms with Crippen molar-refractivity contribution in [2.75, 3.05) is 18.5 Å². The number of ether oxygens (including phenoxy) is 1. The molecule has 1 amide bonds. The average Bonchev–Trinajstić information content (AvgIpc) is 3.37. The molecule has 0 fully saturated rings. The molecule has 3 aromatic rings. The first-order valence-corrected chi connectivity index (χ1v) is 9.83. The monoisotopic (exact) mass is 398 g/mol. The van der Waals surface area contributed by atoms with Gasteiger partial charge in [-0.25, -0.2) is 4.79 Å². The highest BCUT2D eigenvalue weighted by Crippen LogP contribution is 2.35. The predicted octanol–water partition coefficient (Wildman–Crippen LogP) is 4.47. The molecule has 0 saturated heterocycles. The minimum atomic E-state index is -0.443. The fraction of sp³-hybridized carbons (Fsp3) is 0.238. The summed E-state index contributed by atoms with van der Waals surface area (Å²) >= 11 is 1.30. The van der Waals surface area contributed by atoms with E-state index < -0.39 is 5.97 Å². The number of hydrogen-bond donors (Lipinski definition) is 2. The predicted molar refractivity (Wildman–Crippen MR) is 109 cm³/mol. The maximum Gasteiger partial charge on any atom is 0.350 e. The standard InChI is InChI=1S/C21H22N2O4S/c1-3-26-21(25)20-16(12-18(28-20)15-8-5-4-6-9-15)23-19(24)13-22-14(2)17-10-7-11-27-17/h4-12,14,22H,3,13H2,1-2H3,(H,23,24)/t14-/m1/s1. The summed E-state index contributed by atoms with van der Waals surface area (Å²) in [5.41, 5.74) is 1.43. The van der Waals surface area contributed by atoms with Crippen molar-refractivity contribution in [2.24, 2.45) is 0 Å². The number of carbonyl (C=O) groups is 2. The van der Waals surface area contributed by atoms with Gasteiger partial charge in [-0.3, -0.25) is 10.1 Å². The van der Waals surface area contributed by atoms with Crippen LogP contribution in [0, 0.1) is 0 Å². The fourth-order valence-electron chi connectivity index (χ4n) is 2.66. The lowest BCUT2D eigenvalue weighted by molar-refractivity contribution is -0.115. The van der Waals surface area contributed by atoms with Gasteiger partial charge in [0.1, 0.15) is 10.6 Å². The molecule has 146 valence electrons. The van der Waals surface area contributed by atoms with Gasteiger partial charge in [0.15, 0.2) is 0 Å². The minimum absolute atomic E-state index is 0.0840. The summed E-state index contributed by atoms with van der Waals surface area (Å²) < 4.78 is 10.5. The highest BCUT2D eigenvalue weighted by atomic mass is 32.1. The molecule has 0 bridgehead atoms. The SMILES string of the molecule is CCOC(=O)c1sc(-c2ccccc2)cc1NC(=O)CN[C@H](C)c1ccco1. The molecule has 0 spiro atoms. The molecule has 7 heteroatoms. The van der Waals surface area contributed by atoms with Gasteiger partial charge in [-0.15, -0.1) is 11.3 Å². The molecule has 0 saturated carbocycles. The highest BCUT2D eigenvalue weighted by Gasteiger charge is 2.20. The molecule has 1 aromatic carbocycles. The third-order valence-corrected chi connectivity index (χ3v) is 5.23. The van der Waals surface area contributed by atoms with Crippen LogP contribution < -0.4 is 10.6 Å². The Morgan fingerprint density at radius 3 is 2.64 bits per heavy atom. The van der Waals surface area contributed by atoms with E-state index in [9.17, 15) is 9.59 Å². The van der Waals surface area contributed by atoms with Crippen molar-refractivity contribution in [3.63, 3.8) is 0 Å². The van der Waals surface area contributed by atoms with Crippen molar-refractivity contribution in [1.82, 2.24) is 5.32 Å². The Morgan fingerprint density at radius 1 is 1.18 bits per heavy atom. The van der Waals surface area contributed by atoms with E-state index in [2.05, 4.69) is 10.6 Å². The van der Waals surface area contributed by atoms with Gasteiger partial charge in [-0.05, 0) is 37.6 Å². The second-order valence-electron chi connectivity index (χ2n) is 6.11. The van der Waals surface area contributed by atoms with Crippen LogP contribution in [0.25, 0.3) is 10.4 Å². The second kappa shape index (κ2) is 9.34. The lowest BCUT2D eigenvalue weighted by Crippen LogP contribution is -2.30. The lowest BCUT2D eigenvalue weighted by Gasteiger charge is -2.11. The molecule has 0 aliphatic rings. The third-order valence-electron chi connectivity index (χ3n) is 4.06. The average molecular weight is 398 g/mol. The van der Waals surface area contributed by atoms with Gasteiger partial charge in [0.25, 0.3) is 0 Å². The summed E-state index contributed by atoms with van der Waals surface area (Å²) in [6.45, 7) is 4.02. The number of anilines is 1. The quantitative estimate of drug-likeness (QED) is 0.547. The molecular formula is C21H22N2O4S. The maximum absolute atomic E-state index is 12.4. The van der Waals surface area contributed by atoms with E-state index in [-0.39, 0.29) is 25.1 Å². The summed E-state index contributed by atoms with van der Waals surface area (Å²) in [5, 5.41) is 5.92. The van der Waals surface area contributed by atoms with Crippen LogP contribution in [0.5, 0.6) is 0 Å². The minimum Gasteiger partial charge on any atom is -0.468 e. The molecule has 0 radical (unpaired) electrons. The van der Waals surface area contributed by atoms with E-state index >= 15 is 0 Å². The molecule has 1 atom stereocenters. The molecule has 0 aliphatic carbocycles. The topological polar surface area (TPSA) is 80.6 Å². The van der Waals surface area contributed by atoms with Crippen molar-refractivity contribution in [2.45, 2.75) is 19.9 Å². The Labute approximate surface area is 167 Å². The number of amides is 1. The zero-order chi connectivity index (χ0) is 19.9. The second-order valence-corrected chi connectivity index (χ2v) is 7.16. The van der Waals surface area contributed by atoms with Gasteiger partial charge in [0, 0.05) is 4.88 Å². The van der Waals surface area contributed by atoms with Crippen LogP contribution in [0.4, 0.5) is 5.69 Å². The number of rotatable bonds is 8. The normalized spacial score (nSPS) is 11.8. The Hall–Kier alpha value is -2.90. The molecule has 0 unspecified atom stereocenters. The van der Waals surface area contributed by atoms with Crippen LogP contribution in [0.2, 0.25) is 0 Å². The van der Waals surface area contributed by atoms with Crippen LogP contribution in [-0.4, -0.2) is 25.0 Å². The molecule has 2 heterocycles. The first-order chi connectivity index (χ1) is 13.6. The Bertz CT molecular complexity index is 919. The fourth-order valence-corrected chi connectivity index (χ4v) is 3.67. The van der Waals surface area contributed by atoms with Crippen LogP contribution >= 0.6 is 11.3 Å². The van der Waals surface area contributed by atoms with Crippen LogP contribution in [0.15, 0.2) is 59.2 Å². The lowest BCUT2D eigenvalue weighted by atomic mass is 10.2. The largest absolute Gasteiger partial charge is 0.468 e. The van der Waals surface area contributed by atoms with E-state index in [1.807, 2.05) is 43.3 Å². The Morgan fingerprint density at radius 2 is 1.96 bits per heavy atom. The van der Waals surface area contributed by atoms with Gasteiger partial charge in [-0.1, -0.05) is 30.3 Å². The highest BCUT2D eigenvalue weighted by molar-refractivity contribution is 7.18. The zero-order valence-corrected chi connectivity index (χ0v) is 16.5. The molecule has 2 N–H and O–H groups in total. The number of esters is 1. The zero-order valence-electron chi connectivity index (χ0n) is 15.7. The molecule has 2 aromatic heterocycles. The van der Waals surface area contributed by atoms with Gasteiger partial charge < -0.3 is 14.5 Å². The van der Waals surface area contributed by atoms with Crippen LogP contribution in [0.1, 0.15) is 35.3 Å². The summed E-state index contributed by atoms with van der Waals surface area (Å²) in [4.78, 5) is 26.0. The van der Waals surface area contributed by atoms with Crippen molar-refractivity contribution in [3.8, 4) is 10.4 Å². The van der Waals surface area contributed by atoms with Crippen molar-refractivity contribution >= 4 is 28.9 Å². The van der Waals surface area contributed by atoms with Crippen LogP contribution in [-0.2, 0) is 9.53 Å². The van der Waals surface area contributed by atoms with E-state index in [1.54, 1.807) is 25.3 Å². The number of thiophene rings is 1. The van der Waals surface area contributed by atoms with Gasteiger partial charge in [0.2, 0.25) is 5.91 Å². The number of carbonyl (C=O) groups excluding carboxylic acids is 2. The third kappa shape index (κ3) is 4.88. The number of nitrogens with one attached hydrogen (secondary N) is 2. The van der Waals surface area contributed by atoms with E-state index in [0.717, 1.165) is 16.2 Å². The van der Waals surface area contributed by atoms with Gasteiger partial charge in [0.05, 0.1) is 31.1 Å². The number of furan rings is 1. The molecule has 0 aliphatic heterocycles. The maximum atomic E-state index is 12.4. The summed E-state index contributed by atoms with van der Waals surface area (Å²) in [7, 11) is 0. The Balaban J connectivity index is 1.73. The van der Waals surface area contributed by atoms with Crippen molar-refractivity contribution in [1.29, 1.82) is 0 Å². The van der Waals surface area contributed by atoms with Crippen molar-refractivity contribution in [3.05, 3.63) is 65.4 Å². The number of hydrogen-bond acceptors (Lipinski definition) is 6. The van der Waals surface area contributed by atoms with E-state index in [0.29, 0.717) is 10.6 Å². The molecule has 28 heavy (non-hydrogen) atoms. The summed E-state index contributed by atoms with van der Waals surface area (Å²) in [6, 6.07) is 15.0. The van der Waals surface area contributed by atoms with Gasteiger partial charge >= 0.3 is 5.97 Å². The Kier molecular flexibility index (Phi) is 6.62. The molecule has 3 rings (SSSR count). The first kappa shape index (κ1) is 19.9. The van der Waals surface area contributed by atoms with Crippen molar-refractivity contribution < 1.29 is 18.7 Å². The number of benzene rings is 1. The smallest absolute Gasteiger partial charge is 0.350 e. The van der Waals surface area contributed by atoms with Crippen LogP contribution in [0.3, 0.4) is 0 Å².